The monoisotopic (exact) mass is 277 g/mol. The topological polar surface area (TPSA) is 69.2 Å². The van der Waals surface area contributed by atoms with Crippen LogP contribution >= 0.6 is 0 Å². The Bertz CT molecular complexity index is 496. The maximum Gasteiger partial charge on any atom is 0.335 e. The second-order valence-electron chi connectivity index (χ2n) is 3.33. The quantitative estimate of drug-likeness (QED) is 0.892. The summed E-state index contributed by atoms with van der Waals surface area (Å²) in [6.45, 7) is 8.00. The first-order valence-corrected chi connectivity index (χ1v) is 6.75. The molecule has 5 heteroatoms. The number of H-pyrrole nitrogens is 1. The molecule has 5 nitrogen and oxygen atoms in total. The van der Waals surface area contributed by atoms with Crippen LogP contribution in [0.1, 0.15) is 38.1 Å². The van der Waals surface area contributed by atoms with Gasteiger partial charge >= 0.3 is 5.97 Å². The third kappa shape index (κ3) is 4.76. The molecule has 1 aromatic heterocycles. The number of carboxylic acid groups (broad SMARTS) is 1. The number of hydrogen-bond acceptors (Lipinski definition) is 3. The van der Waals surface area contributed by atoms with E-state index in [1.807, 2.05) is 40.8 Å². The maximum absolute atomic E-state index is 10.8. The average molecular weight is 277 g/mol. The van der Waals surface area contributed by atoms with E-state index in [0.29, 0.717) is 5.95 Å². The Morgan fingerprint density at radius 3 is 2.40 bits per heavy atom. The van der Waals surface area contributed by atoms with Gasteiger partial charge in [-0.05, 0) is 18.2 Å². The zero-order valence-corrected chi connectivity index (χ0v) is 12.7. The molecule has 0 fully saturated rings. The van der Waals surface area contributed by atoms with Gasteiger partial charge in [0.05, 0.1) is 5.56 Å². The van der Waals surface area contributed by atoms with E-state index < -0.39 is 5.97 Å². The van der Waals surface area contributed by atoms with Crippen molar-refractivity contribution >= 4 is 17.6 Å². The highest BCUT2D eigenvalue weighted by molar-refractivity contribution is 5.89. The average Bonchev–Trinajstić information content (AvgIpc) is 3.05. The Labute approximate surface area is 120 Å². The SMILES string of the molecule is CC.CC.CN(c1cccc(C(=O)O)c1)c1ncc[nH]1. The van der Waals surface area contributed by atoms with Crippen molar-refractivity contribution in [1.82, 2.24) is 9.97 Å². The summed E-state index contributed by atoms with van der Waals surface area (Å²) in [6.07, 6.45) is 3.36. The highest BCUT2D eigenvalue weighted by atomic mass is 16.4. The third-order valence-electron chi connectivity index (χ3n) is 2.28. The highest BCUT2D eigenvalue weighted by Gasteiger charge is 2.08. The second kappa shape index (κ2) is 9.61. The van der Waals surface area contributed by atoms with E-state index in [9.17, 15) is 4.79 Å². The van der Waals surface area contributed by atoms with Gasteiger partial charge in [0.1, 0.15) is 0 Å². The van der Waals surface area contributed by atoms with Crippen molar-refractivity contribution in [2.75, 3.05) is 11.9 Å². The fraction of sp³-hybridized carbons (Fsp3) is 0.333. The van der Waals surface area contributed by atoms with E-state index >= 15 is 0 Å². The van der Waals surface area contributed by atoms with Crippen LogP contribution in [0.2, 0.25) is 0 Å². The molecule has 0 saturated heterocycles. The van der Waals surface area contributed by atoms with Crippen LogP contribution in [-0.4, -0.2) is 28.1 Å². The Kier molecular flexibility index (Phi) is 8.50. The third-order valence-corrected chi connectivity index (χ3v) is 2.28. The normalized spacial score (nSPS) is 8.65. The molecular weight excluding hydrogens is 254 g/mol. The molecule has 0 amide bonds. The van der Waals surface area contributed by atoms with Gasteiger partial charge in [-0.1, -0.05) is 33.8 Å². The summed E-state index contributed by atoms with van der Waals surface area (Å²) in [5.41, 5.74) is 1.03. The molecule has 0 saturated carbocycles. The van der Waals surface area contributed by atoms with Crippen LogP contribution in [0.5, 0.6) is 0 Å². The number of aromatic amines is 1. The summed E-state index contributed by atoms with van der Waals surface area (Å²) in [7, 11) is 1.82. The number of benzene rings is 1. The van der Waals surface area contributed by atoms with Gasteiger partial charge in [-0.3, -0.25) is 0 Å². The van der Waals surface area contributed by atoms with Gasteiger partial charge in [-0.2, -0.15) is 0 Å². The number of aromatic carboxylic acids is 1. The largest absolute Gasteiger partial charge is 0.478 e. The first-order chi connectivity index (χ1) is 9.68. The molecule has 2 N–H and O–H groups in total. The van der Waals surface area contributed by atoms with Crippen molar-refractivity contribution in [3.8, 4) is 0 Å². The molecule has 2 rings (SSSR count). The molecule has 0 aliphatic rings. The number of rotatable bonds is 3. The molecule has 0 unspecified atom stereocenters. The minimum absolute atomic E-state index is 0.260. The van der Waals surface area contributed by atoms with Crippen molar-refractivity contribution < 1.29 is 9.90 Å². The standard InChI is InChI=1S/C11H11N3O2.2C2H6/c1-14(11-12-5-6-13-11)9-4-2-3-8(7-9)10(15)16;2*1-2/h2-7H,1H3,(H,12,13)(H,15,16);2*1-2H3. The van der Waals surface area contributed by atoms with Gasteiger partial charge in [0, 0.05) is 25.1 Å². The van der Waals surface area contributed by atoms with Crippen LogP contribution in [-0.2, 0) is 0 Å². The summed E-state index contributed by atoms with van der Waals surface area (Å²) < 4.78 is 0. The molecule has 20 heavy (non-hydrogen) atoms. The molecule has 0 aliphatic carbocycles. The molecule has 0 aliphatic heterocycles. The number of carbonyl (C=O) groups is 1. The smallest absolute Gasteiger partial charge is 0.335 e. The molecule has 0 spiro atoms. The number of nitrogens with zero attached hydrogens (tertiary/aromatic N) is 2. The zero-order chi connectivity index (χ0) is 15.5. The molecule has 1 heterocycles. The molecule has 0 atom stereocenters. The summed E-state index contributed by atoms with van der Waals surface area (Å²) >= 11 is 0. The van der Waals surface area contributed by atoms with E-state index in [-0.39, 0.29) is 5.56 Å². The van der Waals surface area contributed by atoms with Gasteiger partial charge in [-0.15, -0.1) is 0 Å². The van der Waals surface area contributed by atoms with Crippen molar-refractivity contribution in [2.24, 2.45) is 0 Å². The van der Waals surface area contributed by atoms with E-state index in [4.69, 9.17) is 5.11 Å². The van der Waals surface area contributed by atoms with Crippen LogP contribution < -0.4 is 4.90 Å². The molecule has 1 aromatic carbocycles. The minimum Gasteiger partial charge on any atom is -0.478 e. The summed E-state index contributed by atoms with van der Waals surface area (Å²) in [6, 6.07) is 6.69. The Hall–Kier alpha value is -2.30. The van der Waals surface area contributed by atoms with Crippen molar-refractivity contribution in [2.45, 2.75) is 27.7 Å². The summed E-state index contributed by atoms with van der Waals surface area (Å²) in [5, 5.41) is 8.88. The number of aromatic nitrogens is 2. The van der Waals surface area contributed by atoms with Crippen molar-refractivity contribution in [1.29, 1.82) is 0 Å². The molecular formula is C15H23N3O2. The lowest BCUT2D eigenvalue weighted by Gasteiger charge is -2.16. The number of hydrogen-bond donors (Lipinski definition) is 2. The van der Waals surface area contributed by atoms with Gasteiger partial charge in [0.15, 0.2) is 0 Å². The molecule has 0 radical (unpaired) electrons. The summed E-state index contributed by atoms with van der Waals surface area (Å²) in [5.74, 6) is -0.266. The number of carboxylic acids is 1. The fourth-order valence-electron chi connectivity index (χ4n) is 1.41. The fourth-order valence-corrected chi connectivity index (χ4v) is 1.41. The van der Waals surface area contributed by atoms with Gasteiger partial charge < -0.3 is 15.0 Å². The lowest BCUT2D eigenvalue weighted by atomic mass is 10.2. The van der Waals surface area contributed by atoms with Crippen molar-refractivity contribution in [3.05, 3.63) is 42.2 Å². The van der Waals surface area contributed by atoms with Gasteiger partial charge in [0.25, 0.3) is 0 Å². The van der Waals surface area contributed by atoms with E-state index in [1.54, 1.807) is 35.5 Å². The van der Waals surface area contributed by atoms with E-state index in [2.05, 4.69) is 9.97 Å². The zero-order valence-electron chi connectivity index (χ0n) is 12.7. The Morgan fingerprint density at radius 2 is 1.90 bits per heavy atom. The first-order valence-electron chi connectivity index (χ1n) is 6.75. The van der Waals surface area contributed by atoms with Gasteiger partial charge in [-0.25, -0.2) is 9.78 Å². The van der Waals surface area contributed by atoms with Crippen molar-refractivity contribution in [3.63, 3.8) is 0 Å². The Balaban J connectivity index is 0.000000829. The van der Waals surface area contributed by atoms with Crippen LogP contribution in [0.3, 0.4) is 0 Å². The predicted octanol–water partition coefficient (Wildman–Crippen LogP) is 3.93. The van der Waals surface area contributed by atoms with Crippen LogP contribution in [0.25, 0.3) is 0 Å². The lowest BCUT2D eigenvalue weighted by molar-refractivity contribution is 0.0697. The number of nitrogens with one attached hydrogen (secondary N) is 1. The molecule has 0 bridgehead atoms. The molecule has 110 valence electrons. The van der Waals surface area contributed by atoms with Gasteiger partial charge in [0.2, 0.25) is 5.95 Å². The second-order valence-corrected chi connectivity index (χ2v) is 3.33. The summed E-state index contributed by atoms with van der Waals surface area (Å²) in [4.78, 5) is 19.6. The van der Waals surface area contributed by atoms with E-state index in [1.165, 1.54) is 0 Å². The number of anilines is 2. The van der Waals surface area contributed by atoms with Crippen LogP contribution in [0.15, 0.2) is 36.7 Å². The van der Waals surface area contributed by atoms with Crippen LogP contribution in [0.4, 0.5) is 11.6 Å². The Morgan fingerprint density at radius 1 is 1.25 bits per heavy atom. The highest BCUT2D eigenvalue weighted by Crippen LogP contribution is 2.20. The first kappa shape index (κ1) is 17.7. The number of imidazole rings is 1. The molecule has 2 aromatic rings. The van der Waals surface area contributed by atoms with Crippen LogP contribution in [0, 0.1) is 0 Å². The predicted molar refractivity (Wildman–Crippen MR) is 82.7 cm³/mol. The maximum atomic E-state index is 10.8. The lowest BCUT2D eigenvalue weighted by Crippen LogP contribution is -2.11. The van der Waals surface area contributed by atoms with E-state index in [0.717, 1.165) is 5.69 Å². The minimum atomic E-state index is -0.935.